The van der Waals surface area contributed by atoms with E-state index in [0.29, 0.717) is 13.1 Å². The largest absolute Gasteiger partial charge is 0.375 e. The quantitative estimate of drug-likeness (QED) is 0.616. The van der Waals surface area contributed by atoms with E-state index in [0.717, 1.165) is 47.6 Å². The van der Waals surface area contributed by atoms with E-state index in [9.17, 15) is 0 Å². The molecular weight excluding hydrogens is 374 g/mol. The topological polar surface area (TPSA) is 53.0 Å². The van der Waals surface area contributed by atoms with Crippen molar-refractivity contribution in [3.05, 3.63) is 58.7 Å². The molecule has 0 radical (unpaired) electrons. The minimum absolute atomic E-state index is 0.244. The molecule has 1 atom stereocenters. The number of morpholine rings is 1. The summed E-state index contributed by atoms with van der Waals surface area (Å²) in [5.74, 6) is 1.81. The van der Waals surface area contributed by atoms with Crippen molar-refractivity contribution in [1.82, 2.24) is 15.2 Å². The molecule has 1 aromatic carbocycles. The van der Waals surface area contributed by atoms with Crippen LogP contribution in [0.25, 0.3) is 0 Å². The molecule has 1 fully saturated rings. The van der Waals surface area contributed by atoms with Crippen molar-refractivity contribution in [2.45, 2.75) is 26.1 Å². The second kappa shape index (κ2) is 9.75. The monoisotopic (exact) mass is 401 g/mol. The summed E-state index contributed by atoms with van der Waals surface area (Å²) in [7, 11) is 3.78. The molecular formula is C21H28ClN5O. The van der Waals surface area contributed by atoms with Gasteiger partial charge < -0.3 is 19.9 Å². The maximum atomic E-state index is 6.27. The number of benzene rings is 1. The average Bonchev–Trinajstić information content (AvgIpc) is 2.71. The number of halogens is 1. The zero-order valence-electron chi connectivity index (χ0n) is 16.7. The summed E-state index contributed by atoms with van der Waals surface area (Å²) in [6.45, 7) is 5.95. The van der Waals surface area contributed by atoms with Crippen LogP contribution in [0.15, 0.2) is 47.6 Å². The molecule has 1 aliphatic rings. The zero-order chi connectivity index (χ0) is 19.9. The molecule has 2 heterocycles. The van der Waals surface area contributed by atoms with Gasteiger partial charge in [0.1, 0.15) is 5.82 Å². The van der Waals surface area contributed by atoms with Gasteiger partial charge in [-0.15, -0.1) is 0 Å². The standard InChI is InChI=1S/C21H28ClN5O/c1-16-14-27(10-11-28-16)20-9-8-17(12-24-20)13-25-21(23-2)26(3)15-18-6-4-5-7-19(18)22/h4-9,12,16H,10-11,13-15H2,1-3H3,(H,23,25). The van der Waals surface area contributed by atoms with Crippen LogP contribution in [0.1, 0.15) is 18.1 Å². The maximum Gasteiger partial charge on any atom is 0.193 e. The van der Waals surface area contributed by atoms with Gasteiger partial charge >= 0.3 is 0 Å². The molecule has 0 aliphatic carbocycles. The van der Waals surface area contributed by atoms with E-state index < -0.39 is 0 Å². The molecule has 2 aromatic rings. The Morgan fingerprint density at radius 3 is 2.86 bits per heavy atom. The van der Waals surface area contributed by atoms with Gasteiger partial charge in [0.25, 0.3) is 0 Å². The Labute approximate surface area is 172 Å². The van der Waals surface area contributed by atoms with Gasteiger partial charge in [-0.1, -0.05) is 35.9 Å². The average molecular weight is 402 g/mol. The number of nitrogens with one attached hydrogen (secondary N) is 1. The fourth-order valence-corrected chi connectivity index (χ4v) is 3.45. The van der Waals surface area contributed by atoms with Gasteiger partial charge in [0.05, 0.1) is 12.7 Å². The predicted molar refractivity (Wildman–Crippen MR) is 115 cm³/mol. The Hall–Kier alpha value is -2.31. The van der Waals surface area contributed by atoms with Gasteiger partial charge in [0.2, 0.25) is 0 Å². The van der Waals surface area contributed by atoms with E-state index in [-0.39, 0.29) is 6.10 Å². The third-order valence-corrected chi connectivity index (χ3v) is 5.13. The highest BCUT2D eigenvalue weighted by atomic mass is 35.5. The van der Waals surface area contributed by atoms with Crippen LogP contribution < -0.4 is 10.2 Å². The summed E-state index contributed by atoms with van der Waals surface area (Å²) >= 11 is 6.27. The van der Waals surface area contributed by atoms with Gasteiger partial charge in [-0.05, 0) is 30.2 Å². The number of rotatable bonds is 5. The molecule has 0 saturated carbocycles. The third-order valence-electron chi connectivity index (χ3n) is 4.76. The Morgan fingerprint density at radius 2 is 2.18 bits per heavy atom. The molecule has 0 bridgehead atoms. The van der Waals surface area contributed by atoms with E-state index in [1.807, 2.05) is 37.5 Å². The first-order valence-electron chi connectivity index (χ1n) is 9.53. The number of aliphatic imine (C=N–C) groups is 1. The summed E-state index contributed by atoms with van der Waals surface area (Å²) in [6.07, 6.45) is 2.16. The highest BCUT2D eigenvalue weighted by Crippen LogP contribution is 2.17. The van der Waals surface area contributed by atoms with Crippen molar-refractivity contribution < 1.29 is 4.74 Å². The molecule has 1 unspecified atom stereocenters. The summed E-state index contributed by atoms with van der Waals surface area (Å²) in [5, 5.41) is 4.16. The number of hydrogen-bond acceptors (Lipinski definition) is 4. The fourth-order valence-electron chi connectivity index (χ4n) is 3.26. The lowest BCUT2D eigenvalue weighted by molar-refractivity contribution is 0.0529. The van der Waals surface area contributed by atoms with E-state index in [2.05, 4.69) is 44.1 Å². The molecule has 7 heteroatoms. The van der Waals surface area contributed by atoms with Gasteiger partial charge in [-0.3, -0.25) is 4.99 Å². The van der Waals surface area contributed by atoms with Crippen LogP contribution in [-0.2, 0) is 17.8 Å². The normalized spacial score (nSPS) is 17.5. The molecule has 28 heavy (non-hydrogen) atoms. The highest BCUT2D eigenvalue weighted by Gasteiger charge is 2.17. The van der Waals surface area contributed by atoms with Crippen molar-refractivity contribution in [1.29, 1.82) is 0 Å². The van der Waals surface area contributed by atoms with E-state index in [1.54, 1.807) is 7.05 Å². The summed E-state index contributed by atoms with van der Waals surface area (Å²) in [4.78, 5) is 13.3. The van der Waals surface area contributed by atoms with Crippen LogP contribution in [0.2, 0.25) is 5.02 Å². The molecule has 3 rings (SSSR count). The number of anilines is 1. The number of aromatic nitrogens is 1. The first kappa shape index (κ1) is 20.4. The van der Waals surface area contributed by atoms with Crippen molar-refractivity contribution in [3.63, 3.8) is 0 Å². The van der Waals surface area contributed by atoms with Gasteiger partial charge in [-0.25, -0.2) is 4.98 Å². The number of guanidine groups is 1. The molecule has 1 aromatic heterocycles. The SMILES string of the molecule is CN=C(NCc1ccc(N2CCOC(C)C2)nc1)N(C)Cc1ccccc1Cl. The number of hydrogen-bond donors (Lipinski definition) is 1. The third kappa shape index (κ3) is 5.36. The minimum atomic E-state index is 0.244. The number of nitrogens with zero attached hydrogens (tertiary/aromatic N) is 4. The zero-order valence-corrected chi connectivity index (χ0v) is 17.5. The lowest BCUT2D eigenvalue weighted by Gasteiger charge is -2.32. The van der Waals surface area contributed by atoms with E-state index in [4.69, 9.17) is 16.3 Å². The summed E-state index contributed by atoms with van der Waals surface area (Å²) in [6, 6.07) is 12.0. The van der Waals surface area contributed by atoms with Crippen LogP contribution in [0, 0.1) is 0 Å². The van der Waals surface area contributed by atoms with Gasteiger partial charge in [-0.2, -0.15) is 0 Å². The van der Waals surface area contributed by atoms with Crippen LogP contribution >= 0.6 is 11.6 Å². The molecule has 1 saturated heterocycles. The summed E-state index contributed by atoms with van der Waals surface area (Å²) in [5.41, 5.74) is 2.18. The van der Waals surface area contributed by atoms with Crippen LogP contribution in [-0.4, -0.2) is 55.7 Å². The molecule has 1 N–H and O–H groups in total. The van der Waals surface area contributed by atoms with Gasteiger partial charge in [0.15, 0.2) is 5.96 Å². The second-order valence-corrected chi connectivity index (χ2v) is 7.41. The van der Waals surface area contributed by atoms with Gasteiger partial charge in [0, 0.05) is 51.5 Å². The second-order valence-electron chi connectivity index (χ2n) is 7.00. The van der Waals surface area contributed by atoms with E-state index >= 15 is 0 Å². The lowest BCUT2D eigenvalue weighted by atomic mass is 10.2. The lowest BCUT2D eigenvalue weighted by Crippen LogP contribution is -2.41. The summed E-state index contributed by atoms with van der Waals surface area (Å²) < 4.78 is 5.60. The molecule has 1 aliphatic heterocycles. The molecule has 0 amide bonds. The van der Waals surface area contributed by atoms with Crippen LogP contribution in [0.4, 0.5) is 5.82 Å². The van der Waals surface area contributed by atoms with E-state index in [1.165, 1.54) is 0 Å². The molecule has 6 nitrogen and oxygen atoms in total. The first-order chi connectivity index (χ1) is 13.6. The molecule has 150 valence electrons. The van der Waals surface area contributed by atoms with Crippen LogP contribution in [0.5, 0.6) is 0 Å². The maximum absolute atomic E-state index is 6.27. The van der Waals surface area contributed by atoms with Crippen molar-refractivity contribution in [2.24, 2.45) is 4.99 Å². The van der Waals surface area contributed by atoms with Crippen molar-refractivity contribution in [3.8, 4) is 0 Å². The smallest absolute Gasteiger partial charge is 0.193 e. The number of pyridine rings is 1. The van der Waals surface area contributed by atoms with Crippen molar-refractivity contribution >= 4 is 23.4 Å². The Balaban J connectivity index is 1.55. The first-order valence-corrected chi connectivity index (χ1v) is 9.91. The fraction of sp³-hybridized carbons (Fsp3) is 0.429. The number of ether oxygens (including phenoxy) is 1. The predicted octanol–water partition coefficient (Wildman–Crippen LogP) is 3.17. The highest BCUT2D eigenvalue weighted by molar-refractivity contribution is 6.31. The van der Waals surface area contributed by atoms with Crippen molar-refractivity contribution in [2.75, 3.05) is 38.7 Å². The Bertz CT molecular complexity index is 796. The Kier molecular flexibility index (Phi) is 7.12. The minimum Gasteiger partial charge on any atom is -0.375 e. The Morgan fingerprint density at radius 1 is 1.36 bits per heavy atom. The molecule has 0 spiro atoms. The van der Waals surface area contributed by atoms with Crippen LogP contribution in [0.3, 0.4) is 0 Å².